The SMILES string of the molecule is COc1cccc(N2CCC(N(Cc3ccccn3)Cc3ccco3)CC2)c1. The van der Waals surface area contributed by atoms with Gasteiger partial charge in [-0.15, -0.1) is 0 Å². The highest BCUT2D eigenvalue weighted by atomic mass is 16.5. The Morgan fingerprint density at radius 1 is 1.07 bits per heavy atom. The summed E-state index contributed by atoms with van der Waals surface area (Å²) >= 11 is 0. The number of furan rings is 1. The second kappa shape index (κ2) is 8.93. The minimum atomic E-state index is 0.508. The second-order valence-corrected chi connectivity index (χ2v) is 7.23. The van der Waals surface area contributed by atoms with E-state index in [-0.39, 0.29) is 0 Å². The van der Waals surface area contributed by atoms with Crippen molar-refractivity contribution in [3.05, 3.63) is 78.5 Å². The number of hydrogen-bond acceptors (Lipinski definition) is 5. The highest BCUT2D eigenvalue weighted by Crippen LogP contribution is 2.27. The molecule has 146 valence electrons. The molecule has 2 aromatic heterocycles. The Balaban J connectivity index is 1.43. The molecule has 1 saturated heterocycles. The first-order valence-corrected chi connectivity index (χ1v) is 9.87. The van der Waals surface area contributed by atoms with E-state index >= 15 is 0 Å². The molecule has 1 aliphatic rings. The lowest BCUT2D eigenvalue weighted by Crippen LogP contribution is -2.44. The molecule has 0 saturated carbocycles. The predicted molar refractivity (Wildman–Crippen MR) is 110 cm³/mol. The third kappa shape index (κ3) is 4.54. The van der Waals surface area contributed by atoms with Gasteiger partial charge in [-0.2, -0.15) is 0 Å². The van der Waals surface area contributed by atoms with Gasteiger partial charge in [0.05, 0.1) is 25.6 Å². The quantitative estimate of drug-likeness (QED) is 0.612. The molecule has 28 heavy (non-hydrogen) atoms. The largest absolute Gasteiger partial charge is 0.497 e. The van der Waals surface area contributed by atoms with Crippen LogP contribution >= 0.6 is 0 Å². The summed E-state index contributed by atoms with van der Waals surface area (Å²) in [6.07, 6.45) is 5.85. The zero-order valence-electron chi connectivity index (χ0n) is 16.3. The first-order valence-electron chi connectivity index (χ1n) is 9.87. The molecular weight excluding hydrogens is 350 g/mol. The number of piperidine rings is 1. The number of rotatable bonds is 7. The first-order chi connectivity index (χ1) is 13.8. The molecule has 0 aliphatic carbocycles. The molecular formula is C23H27N3O2. The summed E-state index contributed by atoms with van der Waals surface area (Å²) in [7, 11) is 1.72. The van der Waals surface area contributed by atoms with E-state index in [0.717, 1.165) is 56.2 Å². The van der Waals surface area contributed by atoms with Crippen LogP contribution in [0.25, 0.3) is 0 Å². The van der Waals surface area contributed by atoms with E-state index in [1.54, 1.807) is 13.4 Å². The Morgan fingerprint density at radius 2 is 1.96 bits per heavy atom. The Labute approximate surface area is 166 Å². The van der Waals surface area contributed by atoms with Crippen molar-refractivity contribution >= 4 is 5.69 Å². The third-order valence-corrected chi connectivity index (χ3v) is 5.43. The molecule has 0 N–H and O–H groups in total. The maximum atomic E-state index is 5.62. The van der Waals surface area contributed by atoms with Gasteiger partial charge in [0, 0.05) is 43.6 Å². The van der Waals surface area contributed by atoms with Crippen molar-refractivity contribution in [3.63, 3.8) is 0 Å². The molecule has 0 atom stereocenters. The van der Waals surface area contributed by atoms with Crippen molar-refractivity contribution in [2.75, 3.05) is 25.1 Å². The Bertz CT molecular complexity index is 843. The molecule has 1 fully saturated rings. The van der Waals surface area contributed by atoms with E-state index in [1.807, 2.05) is 24.4 Å². The fourth-order valence-corrected chi connectivity index (χ4v) is 3.91. The van der Waals surface area contributed by atoms with E-state index in [1.165, 1.54) is 5.69 Å². The highest BCUT2D eigenvalue weighted by molar-refractivity contribution is 5.51. The Morgan fingerprint density at radius 3 is 2.68 bits per heavy atom. The summed E-state index contributed by atoms with van der Waals surface area (Å²) in [5.74, 6) is 1.92. The van der Waals surface area contributed by atoms with Gasteiger partial charge >= 0.3 is 0 Å². The van der Waals surface area contributed by atoms with E-state index in [2.05, 4.69) is 51.2 Å². The van der Waals surface area contributed by atoms with Crippen LogP contribution in [0, 0.1) is 0 Å². The van der Waals surface area contributed by atoms with Crippen LogP contribution < -0.4 is 9.64 Å². The Kier molecular flexibility index (Phi) is 5.92. The highest BCUT2D eigenvalue weighted by Gasteiger charge is 2.26. The molecule has 0 amide bonds. The van der Waals surface area contributed by atoms with Crippen molar-refractivity contribution in [2.45, 2.75) is 32.0 Å². The monoisotopic (exact) mass is 377 g/mol. The van der Waals surface area contributed by atoms with Gasteiger partial charge in [-0.25, -0.2) is 0 Å². The minimum Gasteiger partial charge on any atom is -0.497 e. The number of ether oxygens (including phenoxy) is 1. The molecule has 5 nitrogen and oxygen atoms in total. The molecule has 0 radical (unpaired) electrons. The smallest absolute Gasteiger partial charge is 0.120 e. The summed E-state index contributed by atoms with van der Waals surface area (Å²) < 4.78 is 11.0. The van der Waals surface area contributed by atoms with Crippen molar-refractivity contribution in [1.29, 1.82) is 0 Å². The molecule has 0 spiro atoms. The van der Waals surface area contributed by atoms with Crippen LogP contribution in [-0.2, 0) is 13.1 Å². The van der Waals surface area contributed by atoms with Crippen molar-refractivity contribution < 1.29 is 9.15 Å². The van der Waals surface area contributed by atoms with Crippen LogP contribution in [0.4, 0.5) is 5.69 Å². The minimum absolute atomic E-state index is 0.508. The fourth-order valence-electron chi connectivity index (χ4n) is 3.91. The van der Waals surface area contributed by atoms with Crippen molar-refractivity contribution in [3.8, 4) is 5.75 Å². The number of anilines is 1. The maximum absolute atomic E-state index is 5.62. The molecule has 4 rings (SSSR count). The van der Waals surface area contributed by atoms with Gasteiger partial charge in [-0.3, -0.25) is 9.88 Å². The third-order valence-electron chi connectivity index (χ3n) is 5.43. The standard InChI is InChI=1S/C23H27N3O2/c1-27-22-8-4-7-21(16-22)25-13-10-20(11-14-25)26(18-23-9-5-15-28-23)17-19-6-2-3-12-24-19/h2-9,12,15-16,20H,10-11,13-14,17-18H2,1H3. The topological polar surface area (TPSA) is 41.7 Å². The van der Waals surface area contributed by atoms with Crippen LogP contribution in [0.15, 0.2) is 71.5 Å². The van der Waals surface area contributed by atoms with Gasteiger partial charge in [0.1, 0.15) is 11.5 Å². The Hall–Kier alpha value is -2.79. The lowest BCUT2D eigenvalue weighted by atomic mass is 10.0. The van der Waals surface area contributed by atoms with Crippen LogP contribution in [0.1, 0.15) is 24.3 Å². The predicted octanol–water partition coefficient (Wildman–Crippen LogP) is 4.35. The number of nitrogens with zero attached hydrogens (tertiary/aromatic N) is 3. The van der Waals surface area contributed by atoms with Crippen LogP contribution in [0.5, 0.6) is 5.75 Å². The summed E-state index contributed by atoms with van der Waals surface area (Å²) in [6.45, 7) is 3.72. The average Bonchev–Trinajstić information content (AvgIpc) is 3.27. The fraction of sp³-hybridized carbons (Fsp3) is 0.348. The summed E-state index contributed by atoms with van der Waals surface area (Å²) in [4.78, 5) is 9.48. The zero-order chi connectivity index (χ0) is 19.2. The van der Waals surface area contributed by atoms with Crippen molar-refractivity contribution in [2.24, 2.45) is 0 Å². The number of pyridine rings is 1. The van der Waals surface area contributed by atoms with Crippen LogP contribution in [-0.4, -0.2) is 36.1 Å². The van der Waals surface area contributed by atoms with Crippen LogP contribution in [0.2, 0.25) is 0 Å². The molecule has 3 aromatic rings. The molecule has 0 unspecified atom stereocenters. The first kappa shape index (κ1) is 18.6. The number of benzene rings is 1. The van der Waals surface area contributed by atoms with Gasteiger partial charge in [0.2, 0.25) is 0 Å². The average molecular weight is 377 g/mol. The van der Waals surface area contributed by atoms with Crippen LogP contribution in [0.3, 0.4) is 0 Å². The van der Waals surface area contributed by atoms with E-state index in [4.69, 9.17) is 9.15 Å². The van der Waals surface area contributed by atoms with Gasteiger partial charge in [-0.05, 0) is 49.2 Å². The summed E-state index contributed by atoms with van der Waals surface area (Å²) in [5.41, 5.74) is 2.34. The molecule has 5 heteroatoms. The molecule has 0 bridgehead atoms. The maximum Gasteiger partial charge on any atom is 0.120 e. The lowest BCUT2D eigenvalue weighted by molar-refractivity contribution is 0.139. The lowest BCUT2D eigenvalue weighted by Gasteiger charge is -2.39. The second-order valence-electron chi connectivity index (χ2n) is 7.23. The summed E-state index contributed by atoms with van der Waals surface area (Å²) in [5, 5.41) is 0. The molecule has 3 heterocycles. The number of aromatic nitrogens is 1. The van der Waals surface area contributed by atoms with Gasteiger partial charge in [-0.1, -0.05) is 12.1 Å². The van der Waals surface area contributed by atoms with Gasteiger partial charge < -0.3 is 14.1 Å². The molecule has 1 aromatic carbocycles. The van der Waals surface area contributed by atoms with Gasteiger partial charge in [0.15, 0.2) is 0 Å². The van der Waals surface area contributed by atoms with E-state index in [0.29, 0.717) is 6.04 Å². The summed E-state index contributed by atoms with van der Waals surface area (Å²) in [6, 6.07) is 19.0. The zero-order valence-corrected chi connectivity index (χ0v) is 16.3. The molecule has 1 aliphatic heterocycles. The van der Waals surface area contributed by atoms with E-state index < -0.39 is 0 Å². The van der Waals surface area contributed by atoms with E-state index in [9.17, 15) is 0 Å². The van der Waals surface area contributed by atoms with Crippen molar-refractivity contribution in [1.82, 2.24) is 9.88 Å². The number of methoxy groups -OCH3 is 1. The number of hydrogen-bond donors (Lipinski definition) is 0. The normalized spacial score (nSPS) is 15.1. The van der Waals surface area contributed by atoms with Gasteiger partial charge in [0.25, 0.3) is 0 Å².